The molecule has 6 nitrogen and oxygen atoms in total. The van der Waals surface area contributed by atoms with E-state index in [0.717, 1.165) is 42.6 Å². The highest BCUT2D eigenvalue weighted by Gasteiger charge is 2.26. The zero-order valence-electron chi connectivity index (χ0n) is 17.9. The Balaban J connectivity index is 1.22. The molecule has 1 atom stereocenters. The van der Waals surface area contributed by atoms with Crippen molar-refractivity contribution < 1.29 is 9.18 Å². The number of carbonyl (C=O) groups is 1. The van der Waals surface area contributed by atoms with Crippen molar-refractivity contribution in [3.8, 4) is 0 Å². The number of hydrogen-bond donors (Lipinski definition) is 1. The van der Waals surface area contributed by atoms with E-state index in [1.54, 1.807) is 12.1 Å². The summed E-state index contributed by atoms with van der Waals surface area (Å²) in [5.74, 6) is -0.106. The van der Waals surface area contributed by atoms with Gasteiger partial charge in [-0.05, 0) is 30.2 Å². The molecule has 2 aromatic carbocycles. The number of benzene rings is 2. The Hall–Kier alpha value is -2.49. The third kappa shape index (κ3) is 6.27. The van der Waals surface area contributed by atoms with Crippen LogP contribution in [0.4, 0.5) is 9.52 Å². The lowest BCUT2D eigenvalue weighted by atomic mass is 10.2. The number of halogens is 1. The van der Waals surface area contributed by atoms with E-state index in [1.165, 1.54) is 40.8 Å². The second-order valence-electron chi connectivity index (χ2n) is 7.70. The van der Waals surface area contributed by atoms with E-state index in [0.29, 0.717) is 11.7 Å². The molecule has 1 fully saturated rings. The fourth-order valence-electron chi connectivity index (χ4n) is 3.54. The van der Waals surface area contributed by atoms with E-state index in [1.807, 2.05) is 17.9 Å². The lowest BCUT2D eigenvalue weighted by Gasteiger charge is -2.35. The standard InChI is InChI=1S/C23H26FN5OS2/c1-17(21(30)29-13-11-28(12-14-29)16-19-5-3-2-4-6-19)31-23-27-26-22(32-23)25-15-18-7-9-20(24)10-8-18/h2-10,17H,11-16H2,1H3,(H,25,26)/t17-/m0/s1. The van der Waals surface area contributed by atoms with Crippen LogP contribution in [0, 0.1) is 5.82 Å². The molecule has 1 saturated heterocycles. The molecule has 4 rings (SSSR count). The molecule has 0 spiro atoms. The van der Waals surface area contributed by atoms with Crippen LogP contribution in [0.5, 0.6) is 0 Å². The van der Waals surface area contributed by atoms with Crippen molar-refractivity contribution >= 4 is 34.1 Å². The van der Waals surface area contributed by atoms with E-state index in [-0.39, 0.29) is 17.0 Å². The maximum Gasteiger partial charge on any atom is 0.235 e. The first-order valence-corrected chi connectivity index (χ1v) is 12.3. The minimum atomic E-state index is -0.250. The molecule has 168 valence electrons. The molecule has 1 N–H and O–H groups in total. The van der Waals surface area contributed by atoms with Crippen LogP contribution in [-0.2, 0) is 17.9 Å². The molecule has 32 heavy (non-hydrogen) atoms. The first-order chi connectivity index (χ1) is 15.6. The normalized spacial score (nSPS) is 15.5. The van der Waals surface area contributed by atoms with E-state index in [9.17, 15) is 9.18 Å². The molecule has 0 aliphatic carbocycles. The van der Waals surface area contributed by atoms with Gasteiger partial charge >= 0.3 is 0 Å². The lowest BCUT2D eigenvalue weighted by Crippen LogP contribution is -2.50. The summed E-state index contributed by atoms with van der Waals surface area (Å²) >= 11 is 2.87. The average Bonchev–Trinajstić information content (AvgIpc) is 3.26. The number of nitrogens with one attached hydrogen (secondary N) is 1. The van der Waals surface area contributed by atoms with Crippen molar-refractivity contribution in [3.63, 3.8) is 0 Å². The fourth-order valence-corrected chi connectivity index (χ4v) is 5.51. The van der Waals surface area contributed by atoms with E-state index in [4.69, 9.17) is 0 Å². The van der Waals surface area contributed by atoms with E-state index in [2.05, 4.69) is 44.7 Å². The minimum Gasteiger partial charge on any atom is -0.356 e. The van der Waals surface area contributed by atoms with Crippen LogP contribution in [-0.4, -0.2) is 57.3 Å². The van der Waals surface area contributed by atoms with Gasteiger partial charge in [0.15, 0.2) is 4.34 Å². The van der Waals surface area contributed by atoms with Crippen LogP contribution >= 0.6 is 23.1 Å². The van der Waals surface area contributed by atoms with Crippen molar-refractivity contribution in [2.75, 3.05) is 31.5 Å². The minimum absolute atomic E-state index is 0.144. The Morgan fingerprint density at radius 1 is 1.06 bits per heavy atom. The van der Waals surface area contributed by atoms with Gasteiger partial charge in [0, 0.05) is 39.3 Å². The Labute approximate surface area is 195 Å². The van der Waals surface area contributed by atoms with Crippen molar-refractivity contribution in [1.29, 1.82) is 0 Å². The highest BCUT2D eigenvalue weighted by atomic mass is 32.2. The molecule has 1 aliphatic rings. The maximum absolute atomic E-state index is 13.0. The van der Waals surface area contributed by atoms with Gasteiger partial charge in [-0.1, -0.05) is 65.6 Å². The highest BCUT2D eigenvalue weighted by molar-refractivity contribution is 8.02. The van der Waals surface area contributed by atoms with Crippen molar-refractivity contribution in [1.82, 2.24) is 20.0 Å². The molecule has 0 bridgehead atoms. The number of carbonyl (C=O) groups excluding carboxylic acids is 1. The topological polar surface area (TPSA) is 61.4 Å². The van der Waals surface area contributed by atoms with Crippen LogP contribution < -0.4 is 5.32 Å². The largest absolute Gasteiger partial charge is 0.356 e. The van der Waals surface area contributed by atoms with E-state index >= 15 is 0 Å². The molecule has 1 aliphatic heterocycles. The van der Waals surface area contributed by atoms with Gasteiger partial charge in [-0.15, -0.1) is 10.2 Å². The Bertz CT molecular complexity index is 1010. The van der Waals surface area contributed by atoms with E-state index < -0.39 is 0 Å². The number of piperazine rings is 1. The molecule has 0 radical (unpaired) electrons. The highest BCUT2D eigenvalue weighted by Crippen LogP contribution is 2.30. The molecule has 3 aromatic rings. The molecule has 2 heterocycles. The van der Waals surface area contributed by atoms with Crippen molar-refractivity contribution in [2.24, 2.45) is 0 Å². The summed E-state index contributed by atoms with van der Waals surface area (Å²) in [6, 6.07) is 16.8. The van der Waals surface area contributed by atoms with Gasteiger partial charge in [0.25, 0.3) is 0 Å². The number of anilines is 1. The number of hydrogen-bond acceptors (Lipinski definition) is 7. The summed E-state index contributed by atoms with van der Waals surface area (Å²) in [6.07, 6.45) is 0. The van der Waals surface area contributed by atoms with Gasteiger partial charge in [-0.2, -0.15) is 0 Å². The zero-order valence-corrected chi connectivity index (χ0v) is 19.5. The van der Waals surface area contributed by atoms with Crippen molar-refractivity contribution in [3.05, 3.63) is 71.5 Å². The summed E-state index contributed by atoms with van der Waals surface area (Å²) in [6.45, 7) is 6.65. The molecule has 9 heteroatoms. The maximum atomic E-state index is 13.0. The van der Waals surface area contributed by atoms with Gasteiger partial charge in [0.1, 0.15) is 5.82 Å². The molecule has 1 aromatic heterocycles. The number of thioether (sulfide) groups is 1. The number of amides is 1. The summed E-state index contributed by atoms with van der Waals surface area (Å²) in [5.41, 5.74) is 2.27. The SMILES string of the molecule is C[C@H](Sc1nnc(NCc2ccc(F)cc2)s1)C(=O)N1CCN(Cc2ccccc2)CC1. The molecule has 1 amide bonds. The van der Waals surface area contributed by atoms with Crippen LogP contribution in [0.3, 0.4) is 0 Å². The van der Waals surface area contributed by atoms with Gasteiger partial charge < -0.3 is 10.2 Å². The summed E-state index contributed by atoms with van der Waals surface area (Å²) in [5, 5.41) is 12.0. The third-order valence-electron chi connectivity index (χ3n) is 5.32. The second-order valence-corrected chi connectivity index (χ2v) is 10.3. The lowest BCUT2D eigenvalue weighted by molar-refractivity contribution is -0.132. The van der Waals surface area contributed by atoms with Crippen molar-refractivity contribution in [2.45, 2.75) is 29.6 Å². The molecule has 0 saturated carbocycles. The average molecular weight is 472 g/mol. The number of aromatic nitrogens is 2. The van der Waals surface area contributed by atoms with Crippen LogP contribution in [0.2, 0.25) is 0 Å². The van der Waals surface area contributed by atoms with Gasteiger partial charge in [-0.3, -0.25) is 9.69 Å². The summed E-state index contributed by atoms with van der Waals surface area (Å²) in [4.78, 5) is 17.3. The summed E-state index contributed by atoms with van der Waals surface area (Å²) in [7, 11) is 0. The first kappa shape index (κ1) is 22.7. The predicted molar refractivity (Wildman–Crippen MR) is 127 cm³/mol. The zero-order chi connectivity index (χ0) is 22.3. The number of nitrogens with zero attached hydrogens (tertiary/aromatic N) is 4. The smallest absolute Gasteiger partial charge is 0.235 e. The van der Waals surface area contributed by atoms with Gasteiger partial charge in [-0.25, -0.2) is 4.39 Å². The van der Waals surface area contributed by atoms with Crippen LogP contribution in [0.15, 0.2) is 58.9 Å². The van der Waals surface area contributed by atoms with Gasteiger partial charge in [0.2, 0.25) is 11.0 Å². The molecular weight excluding hydrogens is 445 g/mol. The van der Waals surface area contributed by atoms with Crippen LogP contribution in [0.25, 0.3) is 0 Å². The Kier molecular flexibility index (Phi) is 7.72. The first-order valence-electron chi connectivity index (χ1n) is 10.6. The Morgan fingerprint density at radius 2 is 1.78 bits per heavy atom. The fraction of sp³-hybridized carbons (Fsp3) is 0.348. The summed E-state index contributed by atoms with van der Waals surface area (Å²) < 4.78 is 13.8. The Morgan fingerprint density at radius 3 is 2.50 bits per heavy atom. The second kappa shape index (κ2) is 10.9. The third-order valence-corrected chi connectivity index (χ3v) is 7.37. The monoisotopic (exact) mass is 471 g/mol. The quantitative estimate of drug-likeness (QED) is 0.499. The molecule has 0 unspecified atom stereocenters. The number of rotatable bonds is 8. The molecular formula is C23H26FN5OS2. The van der Waals surface area contributed by atoms with Crippen LogP contribution in [0.1, 0.15) is 18.1 Å². The van der Waals surface area contributed by atoms with Gasteiger partial charge in [0.05, 0.1) is 5.25 Å². The predicted octanol–water partition coefficient (Wildman–Crippen LogP) is 4.11.